The van der Waals surface area contributed by atoms with Gasteiger partial charge in [0.05, 0.1) is 5.60 Å². The molecule has 3 heteroatoms. The van der Waals surface area contributed by atoms with Crippen LogP contribution >= 0.6 is 0 Å². The Morgan fingerprint density at radius 1 is 1.27 bits per heavy atom. The van der Waals surface area contributed by atoms with E-state index in [9.17, 15) is 5.11 Å². The van der Waals surface area contributed by atoms with Crippen molar-refractivity contribution in [2.45, 2.75) is 57.6 Å². The summed E-state index contributed by atoms with van der Waals surface area (Å²) in [5, 5.41) is 13.6. The summed E-state index contributed by atoms with van der Waals surface area (Å²) in [6, 6.07) is 0.525. The zero-order chi connectivity index (χ0) is 11.1. The molecule has 0 aliphatic carbocycles. The number of hydrogen-bond donors (Lipinski definition) is 2. The number of aliphatic hydroxyl groups is 1. The minimum absolute atomic E-state index is 0.521. The molecule has 90 valence electrons. The fourth-order valence-electron chi connectivity index (χ4n) is 1.94. The normalized spacial score (nSPS) is 23.8. The molecule has 1 rings (SSSR count). The lowest BCUT2D eigenvalue weighted by Crippen LogP contribution is -2.43. The van der Waals surface area contributed by atoms with Crippen molar-refractivity contribution in [1.82, 2.24) is 5.32 Å². The molecule has 2 N–H and O–H groups in total. The highest BCUT2D eigenvalue weighted by molar-refractivity contribution is 4.80. The maximum atomic E-state index is 10.1. The van der Waals surface area contributed by atoms with Gasteiger partial charge in [0.1, 0.15) is 0 Å². The highest BCUT2D eigenvalue weighted by Crippen LogP contribution is 2.15. The third-order valence-electron chi connectivity index (χ3n) is 3.49. The molecule has 0 aromatic rings. The summed E-state index contributed by atoms with van der Waals surface area (Å²) in [4.78, 5) is 0. The minimum atomic E-state index is -0.521. The Bertz CT molecular complexity index is 161. The Balaban J connectivity index is 2.27. The van der Waals surface area contributed by atoms with E-state index in [2.05, 4.69) is 5.32 Å². The molecular weight excluding hydrogens is 190 g/mol. The van der Waals surface area contributed by atoms with Crippen molar-refractivity contribution in [3.8, 4) is 0 Å². The van der Waals surface area contributed by atoms with Crippen LogP contribution in [0.1, 0.15) is 46.0 Å². The minimum Gasteiger partial charge on any atom is -0.389 e. The van der Waals surface area contributed by atoms with Gasteiger partial charge in [-0.05, 0) is 32.1 Å². The van der Waals surface area contributed by atoms with Crippen molar-refractivity contribution in [2.24, 2.45) is 0 Å². The topological polar surface area (TPSA) is 41.5 Å². The van der Waals surface area contributed by atoms with Gasteiger partial charge in [0.25, 0.3) is 0 Å². The van der Waals surface area contributed by atoms with Crippen molar-refractivity contribution >= 4 is 0 Å². The van der Waals surface area contributed by atoms with Gasteiger partial charge in [-0.1, -0.05) is 13.8 Å². The summed E-state index contributed by atoms with van der Waals surface area (Å²) < 4.78 is 5.41. The first-order chi connectivity index (χ1) is 7.20. The van der Waals surface area contributed by atoms with Crippen LogP contribution in [0.5, 0.6) is 0 Å². The van der Waals surface area contributed by atoms with Crippen LogP contribution in [0, 0.1) is 0 Å². The molecule has 1 fully saturated rings. The summed E-state index contributed by atoms with van der Waals surface area (Å²) in [6.45, 7) is 6.55. The van der Waals surface area contributed by atoms with E-state index in [1.54, 1.807) is 0 Å². The fourth-order valence-corrected chi connectivity index (χ4v) is 1.94. The second-order valence-corrected chi connectivity index (χ2v) is 4.55. The van der Waals surface area contributed by atoms with Gasteiger partial charge < -0.3 is 15.2 Å². The Kier molecular flexibility index (Phi) is 5.58. The van der Waals surface area contributed by atoms with Crippen molar-refractivity contribution in [3.63, 3.8) is 0 Å². The van der Waals surface area contributed by atoms with E-state index in [1.165, 1.54) is 6.42 Å². The van der Waals surface area contributed by atoms with Crippen LogP contribution in [-0.4, -0.2) is 36.5 Å². The van der Waals surface area contributed by atoms with Gasteiger partial charge in [-0.15, -0.1) is 0 Å². The summed E-state index contributed by atoms with van der Waals surface area (Å²) in [5.41, 5.74) is -0.521. The first kappa shape index (κ1) is 12.9. The van der Waals surface area contributed by atoms with Gasteiger partial charge in [0.15, 0.2) is 0 Å². The van der Waals surface area contributed by atoms with Crippen LogP contribution in [-0.2, 0) is 4.74 Å². The lowest BCUT2D eigenvalue weighted by atomic mass is 9.96. The molecule has 1 saturated heterocycles. The number of ether oxygens (including phenoxy) is 1. The Labute approximate surface area is 93.2 Å². The SMILES string of the molecule is CCC(O)(CC)CNC1CCCOCC1. The summed E-state index contributed by atoms with van der Waals surface area (Å²) in [5.74, 6) is 0. The fraction of sp³-hybridized carbons (Fsp3) is 1.00. The molecule has 1 unspecified atom stereocenters. The van der Waals surface area contributed by atoms with Gasteiger partial charge in [-0.3, -0.25) is 0 Å². The average Bonchev–Trinajstić information content (AvgIpc) is 2.54. The quantitative estimate of drug-likeness (QED) is 0.733. The van der Waals surface area contributed by atoms with Crippen LogP contribution < -0.4 is 5.32 Å². The molecule has 0 aromatic carbocycles. The summed E-state index contributed by atoms with van der Waals surface area (Å²) >= 11 is 0. The third-order valence-corrected chi connectivity index (χ3v) is 3.49. The lowest BCUT2D eigenvalue weighted by Gasteiger charge is -2.28. The van der Waals surface area contributed by atoms with Crippen LogP contribution in [0.25, 0.3) is 0 Å². The van der Waals surface area contributed by atoms with Gasteiger partial charge >= 0.3 is 0 Å². The number of rotatable bonds is 5. The zero-order valence-corrected chi connectivity index (χ0v) is 10.1. The molecule has 0 radical (unpaired) electrons. The van der Waals surface area contributed by atoms with Crippen LogP contribution in [0.15, 0.2) is 0 Å². The monoisotopic (exact) mass is 215 g/mol. The number of hydrogen-bond acceptors (Lipinski definition) is 3. The molecule has 0 saturated carbocycles. The summed E-state index contributed by atoms with van der Waals surface area (Å²) in [7, 11) is 0. The molecule has 0 aromatic heterocycles. The zero-order valence-electron chi connectivity index (χ0n) is 10.1. The molecule has 15 heavy (non-hydrogen) atoms. The molecule has 1 aliphatic rings. The van der Waals surface area contributed by atoms with Crippen molar-refractivity contribution in [3.05, 3.63) is 0 Å². The van der Waals surface area contributed by atoms with Gasteiger partial charge in [-0.25, -0.2) is 0 Å². The molecule has 1 aliphatic heterocycles. The molecular formula is C12H25NO2. The molecule has 1 atom stereocenters. The molecule has 3 nitrogen and oxygen atoms in total. The standard InChI is InChI=1S/C12H25NO2/c1-3-12(14,4-2)10-13-11-6-5-8-15-9-7-11/h11,13-14H,3-10H2,1-2H3. The largest absolute Gasteiger partial charge is 0.389 e. The Morgan fingerprint density at radius 2 is 2.00 bits per heavy atom. The van der Waals surface area contributed by atoms with E-state index in [4.69, 9.17) is 4.74 Å². The number of nitrogens with one attached hydrogen (secondary N) is 1. The summed E-state index contributed by atoms with van der Waals surface area (Å²) in [6.07, 6.45) is 5.01. The van der Waals surface area contributed by atoms with Crippen LogP contribution in [0.2, 0.25) is 0 Å². The molecule has 0 bridgehead atoms. The van der Waals surface area contributed by atoms with E-state index >= 15 is 0 Å². The Morgan fingerprint density at radius 3 is 2.67 bits per heavy atom. The predicted molar refractivity (Wildman–Crippen MR) is 62.0 cm³/mol. The van der Waals surface area contributed by atoms with E-state index in [0.717, 1.165) is 38.9 Å². The first-order valence-electron chi connectivity index (χ1n) is 6.23. The highest BCUT2D eigenvalue weighted by atomic mass is 16.5. The lowest BCUT2D eigenvalue weighted by molar-refractivity contribution is 0.0291. The molecule has 1 heterocycles. The van der Waals surface area contributed by atoms with E-state index in [0.29, 0.717) is 12.6 Å². The van der Waals surface area contributed by atoms with Gasteiger partial charge in [-0.2, -0.15) is 0 Å². The first-order valence-corrected chi connectivity index (χ1v) is 6.23. The predicted octanol–water partition coefficient (Wildman–Crippen LogP) is 1.70. The van der Waals surface area contributed by atoms with Crippen LogP contribution in [0.3, 0.4) is 0 Å². The van der Waals surface area contributed by atoms with Gasteiger partial charge in [0, 0.05) is 25.8 Å². The highest BCUT2D eigenvalue weighted by Gasteiger charge is 2.23. The molecule has 0 amide bonds. The maximum absolute atomic E-state index is 10.1. The average molecular weight is 215 g/mol. The second kappa shape index (κ2) is 6.46. The van der Waals surface area contributed by atoms with Crippen molar-refractivity contribution in [1.29, 1.82) is 0 Å². The smallest absolute Gasteiger partial charge is 0.0766 e. The third kappa shape index (κ3) is 4.49. The van der Waals surface area contributed by atoms with E-state index in [-0.39, 0.29) is 0 Å². The van der Waals surface area contributed by atoms with E-state index < -0.39 is 5.60 Å². The Hall–Kier alpha value is -0.120. The van der Waals surface area contributed by atoms with Crippen molar-refractivity contribution < 1.29 is 9.84 Å². The van der Waals surface area contributed by atoms with Crippen LogP contribution in [0.4, 0.5) is 0 Å². The molecule has 0 spiro atoms. The van der Waals surface area contributed by atoms with E-state index in [1.807, 2.05) is 13.8 Å². The second-order valence-electron chi connectivity index (χ2n) is 4.55. The van der Waals surface area contributed by atoms with Gasteiger partial charge in [0.2, 0.25) is 0 Å². The maximum Gasteiger partial charge on any atom is 0.0766 e. The van der Waals surface area contributed by atoms with Crippen molar-refractivity contribution in [2.75, 3.05) is 19.8 Å².